The van der Waals surface area contributed by atoms with Gasteiger partial charge < -0.3 is 14.8 Å². The number of carbonyl (C=O) groups is 1. The van der Waals surface area contributed by atoms with Crippen LogP contribution in [0.25, 0.3) is 0 Å². The third-order valence-corrected chi connectivity index (χ3v) is 1.14. The molecule has 0 radical (unpaired) electrons. The van der Waals surface area contributed by atoms with Crippen LogP contribution in [0, 0.1) is 0 Å². The Morgan fingerprint density at radius 3 is 2.29 bits per heavy atom. The Bertz CT molecular complexity index is 219. The van der Waals surface area contributed by atoms with Gasteiger partial charge in [0.05, 0.1) is 7.11 Å². The van der Waals surface area contributed by atoms with E-state index in [0.717, 1.165) is 0 Å². The summed E-state index contributed by atoms with van der Waals surface area (Å²) in [6.07, 6.45) is 0.861. The van der Waals surface area contributed by atoms with Crippen LogP contribution in [0.3, 0.4) is 0 Å². The molecule has 0 unspecified atom stereocenters. The minimum Gasteiger partial charge on any atom is -0.501 e. The van der Waals surface area contributed by atoms with Gasteiger partial charge in [-0.3, -0.25) is 5.32 Å². The van der Waals surface area contributed by atoms with Gasteiger partial charge in [-0.2, -0.15) is 0 Å². The standard InChI is InChI=1S/C9H18N2O3/c1-9(2,3)14-8(12)11-7(10-4)6-13-5/h6,10H,1-5H3,(H,11,12)/b7-6+. The van der Waals surface area contributed by atoms with Crippen molar-refractivity contribution >= 4 is 6.09 Å². The van der Waals surface area contributed by atoms with Crippen molar-refractivity contribution in [2.45, 2.75) is 26.4 Å². The quantitative estimate of drug-likeness (QED) is 0.674. The topological polar surface area (TPSA) is 59.6 Å². The third kappa shape index (κ3) is 6.16. The number of alkyl carbamates (subject to hydrolysis) is 1. The zero-order valence-corrected chi connectivity index (χ0v) is 9.30. The highest BCUT2D eigenvalue weighted by molar-refractivity contribution is 5.69. The second-order valence-electron chi connectivity index (χ2n) is 3.64. The first-order valence-electron chi connectivity index (χ1n) is 4.29. The predicted molar refractivity (Wildman–Crippen MR) is 53.5 cm³/mol. The summed E-state index contributed by atoms with van der Waals surface area (Å²) in [4.78, 5) is 11.2. The summed E-state index contributed by atoms with van der Waals surface area (Å²) in [6, 6.07) is 0. The highest BCUT2D eigenvalue weighted by Crippen LogP contribution is 2.06. The van der Waals surface area contributed by atoms with Gasteiger partial charge in [-0.15, -0.1) is 0 Å². The zero-order valence-electron chi connectivity index (χ0n) is 9.30. The summed E-state index contributed by atoms with van der Waals surface area (Å²) < 4.78 is 9.76. The second kappa shape index (κ2) is 5.36. The lowest BCUT2D eigenvalue weighted by molar-refractivity contribution is 0.0540. The van der Waals surface area contributed by atoms with Crippen LogP contribution < -0.4 is 10.6 Å². The van der Waals surface area contributed by atoms with Crippen molar-refractivity contribution in [1.82, 2.24) is 10.6 Å². The van der Waals surface area contributed by atoms with E-state index in [0.29, 0.717) is 5.82 Å². The predicted octanol–water partition coefficient (Wildman–Crippen LogP) is 1.18. The van der Waals surface area contributed by atoms with Crippen molar-refractivity contribution in [3.05, 3.63) is 12.1 Å². The van der Waals surface area contributed by atoms with Crippen molar-refractivity contribution < 1.29 is 14.3 Å². The molecule has 14 heavy (non-hydrogen) atoms. The molecule has 2 N–H and O–H groups in total. The molecule has 0 rings (SSSR count). The highest BCUT2D eigenvalue weighted by Gasteiger charge is 2.16. The minimum atomic E-state index is -0.518. The highest BCUT2D eigenvalue weighted by atomic mass is 16.6. The average molecular weight is 202 g/mol. The first-order valence-corrected chi connectivity index (χ1v) is 4.29. The molecular weight excluding hydrogens is 184 g/mol. The van der Waals surface area contributed by atoms with E-state index in [9.17, 15) is 4.79 Å². The van der Waals surface area contributed by atoms with Crippen LogP contribution in [-0.2, 0) is 9.47 Å². The lowest BCUT2D eigenvalue weighted by Gasteiger charge is -2.20. The van der Waals surface area contributed by atoms with E-state index in [2.05, 4.69) is 10.6 Å². The summed E-state index contributed by atoms with van der Waals surface area (Å²) in [5.74, 6) is 0.446. The summed E-state index contributed by atoms with van der Waals surface area (Å²) in [5, 5.41) is 5.23. The zero-order chi connectivity index (χ0) is 11.2. The minimum absolute atomic E-state index is 0.446. The Morgan fingerprint density at radius 1 is 1.36 bits per heavy atom. The van der Waals surface area contributed by atoms with Crippen LogP contribution in [0.5, 0.6) is 0 Å². The molecule has 0 aromatic heterocycles. The Kier molecular flexibility index (Phi) is 4.83. The van der Waals surface area contributed by atoms with Gasteiger partial charge in [-0.25, -0.2) is 4.79 Å². The summed E-state index contributed by atoms with van der Waals surface area (Å²) in [6.45, 7) is 5.39. The third-order valence-electron chi connectivity index (χ3n) is 1.14. The lowest BCUT2D eigenvalue weighted by Crippen LogP contribution is -2.35. The SMILES string of the molecule is CN/C(=C\OC)NC(=O)OC(C)(C)C. The first kappa shape index (κ1) is 12.6. The van der Waals surface area contributed by atoms with Crippen LogP contribution in [0.4, 0.5) is 4.79 Å². The Balaban J connectivity index is 4.11. The molecule has 1 amide bonds. The number of carbonyl (C=O) groups excluding carboxylic acids is 1. The maximum absolute atomic E-state index is 11.2. The maximum atomic E-state index is 11.2. The molecule has 0 aliphatic heterocycles. The number of ether oxygens (including phenoxy) is 2. The monoisotopic (exact) mass is 202 g/mol. The van der Waals surface area contributed by atoms with Gasteiger partial charge in [0.25, 0.3) is 0 Å². The molecule has 0 saturated carbocycles. The van der Waals surface area contributed by atoms with Gasteiger partial charge in [0.2, 0.25) is 0 Å². The van der Waals surface area contributed by atoms with Gasteiger partial charge in [-0.05, 0) is 20.8 Å². The van der Waals surface area contributed by atoms with Crippen LogP contribution in [0.2, 0.25) is 0 Å². The molecule has 0 aromatic carbocycles. The number of nitrogens with one attached hydrogen (secondary N) is 2. The van der Waals surface area contributed by atoms with E-state index in [1.165, 1.54) is 13.4 Å². The fourth-order valence-corrected chi connectivity index (χ4v) is 0.682. The largest absolute Gasteiger partial charge is 0.501 e. The lowest BCUT2D eigenvalue weighted by atomic mass is 10.2. The molecule has 0 saturated heterocycles. The molecule has 0 bridgehead atoms. The fourth-order valence-electron chi connectivity index (χ4n) is 0.682. The van der Waals surface area contributed by atoms with Crippen LogP contribution in [-0.4, -0.2) is 25.9 Å². The molecule has 0 aromatic rings. The van der Waals surface area contributed by atoms with Crippen molar-refractivity contribution in [3.63, 3.8) is 0 Å². The molecule has 0 spiro atoms. The van der Waals surface area contributed by atoms with Gasteiger partial charge in [-0.1, -0.05) is 0 Å². The number of methoxy groups -OCH3 is 1. The van der Waals surface area contributed by atoms with Crippen molar-refractivity contribution in [3.8, 4) is 0 Å². The molecule has 82 valence electrons. The van der Waals surface area contributed by atoms with Crippen molar-refractivity contribution in [2.75, 3.05) is 14.2 Å². The second-order valence-corrected chi connectivity index (χ2v) is 3.64. The summed E-state index contributed by atoms with van der Waals surface area (Å²) >= 11 is 0. The molecule has 0 atom stereocenters. The van der Waals surface area contributed by atoms with Crippen molar-refractivity contribution in [1.29, 1.82) is 0 Å². The summed E-state index contributed by atoms with van der Waals surface area (Å²) in [7, 11) is 3.16. The Labute approximate surface area is 84.5 Å². The Morgan fingerprint density at radius 2 is 1.93 bits per heavy atom. The van der Waals surface area contributed by atoms with Crippen LogP contribution in [0.1, 0.15) is 20.8 Å². The van der Waals surface area contributed by atoms with E-state index in [-0.39, 0.29) is 0 Å². The van der Waals surface area contributed by atoms with Gasteiger partial charge >= 0.3 is 6.09 Å². The fraction of sp³-hybridized carbons (Fsp3) is 0.667. The van der Waals surface area contributed by atoms with E-state index in [1.54, 1.807) is 27.8 Å². The van der Waals surface area contributed by atoms with Crippen LogP contribution >= 0.6 is 0 Å². The van der Waals surface area contributed by atoms with E-state index in [4.69, 9.17) is 9.47 Å². The normalized spacial score (nSPS) is 11.9. The molecule has 0 fully saturated rings. The number of rotatable bonds is 3. The molecule has 5 heteroatoms. The molecular formula is C9H18N2O3. The smallest absolute Gasteiger partial charge is 0.413 e. The molecule has 0 heterocycles. The molecule has 0 aliphatic rings. The number of hydrogen-bond acceptors (Lipinski definition) is 4. The van der Waals surface area contributed by atoms with Gasteiger partial charge in [0.1, 0.15) is 17.7 Å². The number of hydrogen-bond donors (Lipinski definition) is 2. The van der Waals surface area contributed by atoms with Crippen molar-refractivity contribution in [2.24, 2.45) is 0 Å². The van der Waals surface area contributed by atoms with Gasteiger partial charge in [0.15, 0.2) is 0 Å². The van der Waals surface area contributed by atoms with E-state index >= 15 is 0 Å². The molecule has 0 aliphatic carbocycles. The Hall–Kier alpha value is -1.39. The maximum Gasteiger partial charge on any atom is 0.413 e. The van der Waals surface area contributed by atoms with Crippen LogP contribution in [0.15, 0.2) is 12.1 Å². The number of amides is 1. The first-order chi connectivity index (χ1) is 6.39. The molecule has 5 nitrogen and oxygen atoms in total. The van der Waals surface area contributed by atoms with E-state index in [1.807, 2.05) is 0 Å². The summed E-state index contributed by atoms with van der Waals surface area (Å²) in [5.41, 5.74) is -0.504. The van der Waals surface area contributed by atoms with E-state index < -0.39 is 11.7 Å². The van der Waals surface area contributed by atoms with Gasteiger partial charge in [0, 0.05) is 7.05 Å². The average Bonchev–Trinajstić information content (AvgIpc) is 2.00.